The smallest absolute Gasteiger partial charge is 0.331 e. The minimum atomic E-state index is -1.25. The van der Waals surface area contributed by atoms with Crippen LogP contribution in [0.4, 0.5) is 0 Å². The predicted octanol–water partition coefficient (Wildman–Crippen LogP) is 10.4. The van der Waals surface area contributed by atoms with Gasteiger partial charge in [0.2, 0.25) is 0 Å². The van der Waals surface area contributed by atoms with Gasteiger partial charge in [-0.2, -0.15) is 0 Å². The summed E-state index contributed by atoms with van der Waals surface area (Å²) in [5, 5.41) is 0. The average molecular weight is 1050 g/mol. The third-order valence-corrected chi connectivity index (χ3v) is 13.3. The Hall–Kier alpha value is -6.43. The zero-order valence-corrected chi connectivity index (χ0v) is 43.4. The molecule has 0 spiro atoms. The van der Waals surface area contributed by atoms with Gasteiger partial charge in [-0.3, -0.25) is 0 Å². The van der Waals surface area contributed by atoms with E-state index in [1.807, 2.05) is 212 Å². The molecule has 0 aliphatic carbocycles. The topological polar surface area (TPSA) is 128 Å². The van der Waals surface area contributed by atoms with E-state index in [0.717, 1.165) is 38.9 Å². The SMILES string of the molecule is COC(=O)CO[C@H]1[C@@H](OCc2ccccc2)[C@@H](COCc2ccccc2)O[C@@H](O[C@H]2O[C@H](COCc3ccccc3)[C@@H](OCc3ccccc3)[C@H](OCc3ccccc3)[C@@H]2OCc2ccccc2)[C@@H]1OCc1ccccc1. The molecule has 0 amide bonds. The maximum absolute atomic E-state index is 13.1. The third kappa shape index (κ3) is 16.8. The molecule has 0 saturated carbocycles. The molecule has 77 heavy (non-hydrogen) atoms. The minimum absolute atomic E-state index is 0.0469. The first kappa shape index (κ1) is 55.3. The van der Waals surface area contributed by atoms with Crippen LogP contribution in [0.5, 0.6) is 0 Å². The summed E-state index contributed by atoms with van der Waals surface area (Å²) in [7, 11) is 1.32. The number of esters is 1. The highest BCUT2D eigenvalue weighted by Gasteiger charge is 2.54. The first-order chi connectivity index (χ1) is 38.1. The van der Waals surface area contributed by atoms with Gasteiger partial charge in [0.1, 0.15) is 55.4 Å². The van der Waals surface area contributed by atoms with Crippen molar-refractivity contribution in [3.63, 3.8) is 0 Å². The molecule has 7 aromatic rings. The molecule has 2 aliphatic heterocycles. The van der Waals surface area contributed by atoms with Gasteiger partial charge in [-0.1, -0.05) is 212 Å². The Kier molecular flexibility index (Phi) is 21.5. The van der Waals surface area contributed by atoms with E-state index in [1.165, 1.54) is 7.11 Å². The van der Waals surface area contributed by atoms with Gasteiger partial charge in [-0.25, -0.2) is 4.79 Å². The summed E-state index contributed by atoms with van der Waals surface area (Å²) >= 11 is 0. The van der Waals surface area contributed by atoms with E-state index in [2.05, 4.69) is 0 Å². The number of carbonyl (C=O) groups is 1. The van der Waals surface area contributed by atoms with Gasteiger partial charge < -0.3 is 56.8 Å². The fourth-order valence-electron chi connectivity index (χ4n) is 9.30. The van der Waals surface area contributed by atoms with Crippen LogP contribution in [0.1, 0.15) is 38.9 Å². The monoisotopic (exact) mass is 1040 g/mol. The van der Waals surface area contributed by atoms with Crippen LogP contribution in [0.15, 0.2) is 212 Å². The third-order valence-electron chi connectivity index (χ3n) is 13.3. The molecule has 0 aromatic heterocycles. The quantitative estimate of drug-likeness (QED) is 0.0432. The lowest BCUT2D eigenvalue weighted by Gasteiger charge is -2.49. The molecule has 13 heteroatoms. The van der Waals surface area contributed by atoms with E-state index in [1.54, 1.807) is 0 Å². The van der Waals surface area contributed by atoms with Gasteiger partial charge in [-0.05, 0) is 38.9 Å². The second kappa shape index (κ2) is 29.9. The number of hydrogen-bond donors (Lipinski definition) is 0. The zero-order valence-electron chi connectivity index (χ0n) is 43.4. The van der Waals surface area contributed by atoms with Crippen LogP contribution in [0.25, 0.3) is 0 Å². The van der Waals surface area contributed by atoms with Crippen molar-refractivity contribution in [3.8, 4) is 0 Å². The van der Waals surface area contributed by atoms with Crippen LogP contribution in [-0.2, 0) is 108 Å². The van der Waals surface area contributed by atoms with Crippen molar-refractivity contribution in [2.45, 2.75) is 108 Å². The molecule has 0 radical (unpaired) electrons. The molecular weight excluding hydrogens is 977 g/mol. The van der Waals surface area contributed by atoms with Crippen molar-refractivity contribution in [1.82, 2.24) is 0 Å². The summed E-state index contributed by atoms with van der Waals surface area (Å²) in [5.74, 6) is -0.585. The molecular formula is C64H68O13. The molecule has 0 bridgehead atoms. The van der Waals surface area contributed by atoms with Gasteiger partial charge in [0.25, 0.3) is 0 Å². The van der Waals surface area contributed by atoms with E-state index in [0.29, 0.717) is 6.61 Å². The lowest BCUT2D eigenvalue weighted by molar-refractivity contribution is -0.394. The molecule has 9 rings (SSSR count). The molecule has 13 nitrogen and oxygen atoms in total. The maximum atomic E-state index is 13.1. The summed E-state index contributed by atoms with van der Waals surface area (Å²) in [6, 6.07) is 69.2. The highest BCUT2D eigenvalue weighted by atomic mass is 16.8. The van der Waals surface area contributed by atoms with Gasteiger partial charge in [0.15, 0.2) is 12.6 Å². The van der Waals surface area contributed by atoms with Crippen molar-refractivity contribution in [2.24, 2.45) is 0 Å². The fourth-order valence-corrected chi connectivity index (χ4v) is 9.30. The molecule has 2 heterocycles. The normalized spacial score (nSPS) is 23.3. The highest BCUT2D eigenvalue weighted by Crippen LogP contribution is 2.37. The maximum Gasteiger partial charge on any atom is 0.331 e. The molecule has 7 aromatic carbocycles. The van der Waals surface area contributed by atoms with E-state index in [4.69, 9.17) is 56.8 Å². The number of methoxy groups -OCH3 is 1. The predicted molar refractivity (Wildman–Crippen MR) is 287 cm³/mol. The Morgan fingerprint density at radius 1 is 0.338 bits per heavy atom. The standard InChI is InChI=1S/C64H68O13/c1-66-56(65)46-74-60-58(70-40-50-29-15-5-16-30-50)55(45-68-38-48-25-11-3-12-26-48)76-64(62(60)73-43-53-35-21-8-22-36-53)77-63-61(72-42-52-33-19-7-20-34-52)59(71-41-51-31-17-6-18-32-51)57(69-39-49-27-13-4-14-28-49)54(75-63)44-67-37-47-23-9-2-10-24-47/h2-36,54-55,57-64H,37-46H2,1H3/t54-,55-,57-,58+,59+,60+,61+,62-,63-,64+/m1/s1. The van der Waals surface area contributed by atoms with Crippen molar-refractivity contribution in [1.29, 1.82) is 0 Å². The molecule has 402 valence electrons. The summed E-state index contributed by atoms with van der Waals surface area (Å²) in [6.45, 7) is 1.30. The van der Waals surface area contributed by atoms with Crippen LogP contribution >= 0.6 is 0 Å². The lowest BCUT2D eigenvalue weighted by Crippen LogP contribution is -2.66. The van der Waals surface area contributed by atoms with Crippen molar-refractivity contribution >= 4 is 5.97 Å². The molecule has 0 unspecified atom stereocenters. The number of rotatable bonds is 28. The first-order valence-electron chi connectivity index (χ1n) is 26.2. The number of carbonyl (C=O) groups excluding carboxylic acids is 1. The Morgan fingerprint density at radius 3 is 0.896 bits per heavy atom. The largest absolute Gasteiger partial charge is 0.467 e. The van der Waals surface area contributed by atoms with Gasteiger partial charge in [0.05, 0.1) is 66.6 Å². The second-order valence-electron chi connectivity index (χ2n) is 18.9. The Morgan fingerprint density at radius 2 is 0.597 bits per heavy atom. The van der Waals surface area contributed by atoms with Crippen molar-refractivity contribution in [2.75, 3.05) is 26.9 Å². The van der Waals surface area contributed by atoms with Gasteiger partial charge in [0, 0.05) is 0 Å². The highest BCUT2D eigenvalue weighted by molar-refractivity contribution is 5.70. The van der Waals surface area contributed by atoms with Crippen LogP contribution in [-0.4, -0.2) is 94.3 Å². The van der Waals surface area contributed by atoms with Crippen LogP contribution in [0, 0.1) is 0 Å². The van der Waals surface area contributed by atoms with E-state index >= 15 is 0 Å². The first-order valence-corrected chi connectivity index (χ1v) is 26.2. The van der Waals surface area contributed by atoms with Gasteiger partial charge in [-0.15, -0.1) is 0 Å². The van der Waals surface area contributed by atoms with E-state index < -0.39 is 74.0 Å². The molecule has 2 saturated heterocycles. The lowest BCUT2D eigenvalue weighted by atomic mass is 9.96. The Labute approximate surface area is 451 Å². The average Bonchev–Trinajstić information content (AvgIpc) is 3.49. The summed E-state index contributed by atoms with van der Waals surface area (Å²) < 4.78 is 81.2. The summed E-state index contributed by atoms with van der Waals surface area (Å²) in [4.78, 5) is 13.1. The Bertz CT molecular complexity index is 2710. The number of benzene rings is 7. The van der Waals surface area contributed by atoms with Crippen LogP contribution in [0.3, 0.4) is 0 Å². The van der Waals surface area contributed by atoms with E-state index in [9.17, 15) is 4.79 Å². The minimum Gasteiger partial charge on any atom is -0.467 e. The summed E-state index contributed by atoms with van der Waals surface area (Å²) in [5.41, 5.74) is 6.61. The molecule has 2 aliphatic rings. The fraction of sp³-hybridized carbons (Fsp3) is 0.328. The van der Waals surface area contributed by atoms with E-state index in [-0.39, 0.29) is 52.9 Å². The van der Waals surface area contributed by atoms with Crippen molar-refractivity contribution in [3.05, 3.63) is 251 Å². The number of ether oxygens (including phenoxy) is 12. The molecule has 2 fully saturated rings. The Balaban J connectivity index is 1.11. The molecule has 10 atom stereocenters. The van der Waals surface area contributed by atoms with Gasteiger partial charge >= 0.3 is 5.97 Å². The molecule has 0 N–H and O–H groups in total. The number of hydrogen-bond acceptors (Lipinski definition) is 13. The zero-order chi connectivity index (χ0) is 52.7. The van der Waals surface area contributed by atoms with Crippen LogP contribution < -0.4 is 0 Å². The second-order valence-corrected chi connectivity index (χ2v) is 18.9. The van der Waals surface area contributed by atoms with Crippen LogP contribution in [0.2, 0.25) is 0 Å². The summed E-state index contributed by atoms with van der Waals surface area (Å²) in [6.07, 6.45) is -9.45. The van der Waals surface area contributed by atoms with Crippen molar-refractivity contribution < 1.29 is 61.6 Å².